The largest absolute Gasteiger partial charge is 0.304 e. The molecule has 0 spiro atoms. The van der Waals surface area contributed by atoms with Crippen LogP contribution < -0.4 is 0 Å². The monoisotopic (exact) mass is 179 g/mol. The molecule has 2 nitrogen and oxygen atoms in total. The van der Waals surface area contributed by atoms with E-state index >= 15 is 0 Å². The summed E-state index contributed by atoms with van der Waals surface area (Å²) in [5.74, 6) is 0. The maximum absolute atomic E-state index is 4.80. The average Bonchev–Trinajstić information content (AvgIpc) is 1.90. The highest BCUT2D eigenvalue weighted by molar-refractivity contribution is 7.92. The third-order valence-corrected chi connectivity index (χ3v) is 1.33. The van der Waals surface area contributed by atoms with E-state index in [0.717, 1.165) is 6.54 Å². The maximum Gasteiger partial charge on any atom is 0.0813 e. The van der Waals surface area contributed by atoms with Crippen molar-refractivity contribution in [3.05, 3.63) is 0 Å². The highest BCUT2D eigenvalue weighted by atomic mass is 32.2. The first-order valence-corrected chi connectivity index (χ1v) is 4.84. The molecule has 0 atom stereocenters. The molecule has 0 fully saturated rings. The molecule has 0 aliphatic heterocycles. The van der Waals surface area contributed by atoms with Gasteiger partial charge in [-0.3, -0.25) is 0 Å². The summed E-state index contributed by atoms with van der Waals surface area (Å²) in [7, 11) is 3.69. The van der Waals surface area contributed by atoms with E-state index in [4.69, 9.17) is 4.18 Å². The molecule has 0 aromatic heterocycles. The number of nitrogens with zero attached hydrogens (tertiary/aromatic N) is 1. The van der Waals surface area contributed by atoms with Crippen LogP contribution in [0.15, 0.2) is 0 Å². The van der Waals surface area contributed by atoms with Crippen molar-refractivity contribution < 1.29 is 4.18 Å². The van der Waals surface area contributed by atoms with Gasteiger partial charge < -0.3 is 4.18 Å². The lowest BCUT2D eigenvalue weighted by atomic mass is 10.5. The van der Waals surface area contributed by atoms with Crippen LogP contribution >= 0.6 is 12.2 Å². The van der Waals surface area contributed by atoms with Gasteiger partial charge in [-0.1, -0.05) is 27.2 Å². The molecule has 0 heterocycles. The van der Waals surface area contributed by atoms with Crippen LogP contribution in [-0.2, 0) is 4.18 Å². The second-order valence-electron chi connectivity index (χ2n) is 2.30. The SMILES string of the molecule is CCC.CCCN(C)SOC. The molecule has 0 aliphatic rings. The average molecular weight is 179 g/mol. The summed E-state index contributed by atoms with van der Waals surface area (Å²) in [4.78, 5) is 0. The summed E-state index contributed by atoms with van der Waals surface area (Å²) in [6.45, 7) is 7.48. The topological polar surface area (TPSA) is 12.5 Å². The van der Waals surface area contributed by atoms with Gasteiger partial charge in [0, 0.05) is 6.54 Å². The van der Waals surface area contributed by atoms with Gasteiger partial charge in [0.25, 0.3) is 0 Å². The second kappa shape index (κ2) is 12.9. The van der Waals surface area contributed by atoms with Crippen LogP contribution in [0.25, 0.3) is 0 Å². The van der Waals surface area contributed by atoms with Crippen molar-refractivity contribution in [1.29, 1.82) is 0 Å². The zero-order valence-corrected chi connectivity index (χ0v) is 9.20. The van der Waals surface area contributed by atoms with Gasteiger partial charge in [0.05, 0.1) is 19.3 Å². The van der Waals surface area contributed by atoms with Gasteiger partial charge >= 0.3 is 0 Å². The molecule has 3 heteroatoms. The molecule has 0 N–H and O–H groups in total. The Kier molecular flexibility index (Phi) is 16.2. The molecule has 11 heavy (non-hydrogen) atoms. The van der Waals surface area contributed by atoms with Gasteiger partial charge in [-0.2, -0.15) is 0 Å². The normalized spacial score (nSPS) is 9.27. The van der Waals surface area contributed by atoms with E-state index in [-0.39, 0.29) is 0 Å². The predicted molar refractivity (Wildman–Crippen MR) is 53.5 cm³/mol. The molecule has 0 saturated heterocycles. The fourth-order valence-corrected chi connectivity index (χ4v) is 0.991. The van der Waals surface area contributed by atoms with Crippen LogP contribution in [-0.4, -0.2) is 25.0 Å². The number of hydrogen-bond donors (Lipinski definition) is 0. The predicted octanol–water partition coefficient (Wildman–Crippen LogP) is 2.95. The van der Waals surface area contributed by atoms with E-state index in [2.05, 4.69) is 25.1 Å². The first kappa shape index (κ1) is 13.8. The Labute approximate surface area is 75.6 Å². The molecule has 0 saturated carbocycles. The van der Waals surface area contributed by atoms with Gasteiger partial charge in [-0.05, 0) is 13.5 Å². The molecule has 0 amide bonds. The minimum atomic E-state index is 1.08. The summed E-state index contributed by atoms with van der Waals surface area (Å²) in [5.41, 5.74) is 0. The van der Waals surface area contributed by atoms with Crippen molar-refractivity contribution in [2.75, 3.05) is 20.7 Å². The van der Waals surface area contributed by atoms with Crippen LogP contribution in [0.4, 0.5) is 0 Å². The highest BCUT2D eigenvalue weighted by Crippen LogP contribution is 2.05. The van der Waals surface area contributed by atoms with Crippen LogP contribution in [0.1, 0.15) is 33.6 Å². The quantitative estimate of drug-likeness (QED) is 0.486. The zero-order chi connectivity index (χ0) is 9.11. The van der Waals surface area contributed by atoms with E-state index in [0.29, 0.717) is 0 Å². The fraction of sp³-hybridized carbons (Fsp3) is 1.00. The summed E-state index contributed by atoms with van der Waals surface area (Å²) >= 11 is 1.39. The molecule has 0 aliphatic carbocycles. The zero-order valence-electron chi connectivity index (χ0n) is 8.39. The van der Waals surface area contributed by atoms with Crippen molar-refractivity contribution in [2.45, 2.75) is 33.6 Å². The molecular weight excluding hydrogens is 158 g/mol. The Balaban J connectivity index is 0. The standard InChI is InChI=1S/C5H13NOS.C3H8/c1-4-5-6(2)8-7-3;1-3-2/h4-5H2,1-3H3;3H2,1-2H3. The van der Waals surface area contributed by atoms with Crippen LogP contribution in [0.2, 0.25) is 0 Å². The summed E-state index contributed by atoms with van der Waals surface area (Å²) in [6.07, 6.45) is 2.42. The van der Waals surface area contributed by atoms with Crippen molar-refractivity contribution in [1.82, 2.24) is 4.31 Å². The highest BCUT2D eigenvalue weighted by Gasteiger charge is 1.92. The molecule has 70 valence electrons. The van der Waals surface area contributed by atoms with E-state index in [1.165, 1.54) is 25.1 Å². The first-order chi connectivity index (χ1) is 5.22. The molecule has 0 unspecified atom stereocenters. The Morgan fingerprint density at radius 2 is 1.73 bits per heavy atom. The summed E-state index contributed by atoms with van der Waals surface area (Å²) < 4.78 is 6.85. The van der Waals surface area contributed by atoms with Gasteiger partial charge in [-0.15, -0.1) is 0 Å². The van der Waals surface area contributed by atoms with Crippen molar-refractivity contribution >= 4 is 12.2 Å². The van der Waals surface area contributed by atoms with Gasteiger partial charge in [0.15, 0.2) is 0 Å². The van der Waals surface area contributed by atoms with Crippen LogP contribution in [0.3, 0.4) is 0 Å². The molecule has 0 aromatic rings. The molecule has 0 bridgehead atoms. The lowest BCUT2D eigenvalue weighted by Gasteiger charge is -2.09. The fourth-order valence-electron chi connectivity index (χ4n) is 0.479. The second-order valence-corrected chi connectivity index (χ2v) is 3.41. The summed E-state index contributed by atoms with van der Waals surface area (Å²) in [6, 6.07) is 0. The molecule has 0 radical (unpaired) electrons. The lowest BCUT2D eigenvalue weighted by Crippen LogP contribution is -2.09. The Morgan fingerprint density at radius 1 is 1.27 bits per heavy atom. The lowest BCUT2D eigenvalue weighted by molar-refractivity contribution is 0.434. The minimum Gasteiger partial charge on any atom is -0.304 e. The van der Waals surface area contributed by atoms with Crippen molar-refractivity contribution in [3.63, 3.8) is 0 Å². The Morgan fingerprint density at radius 3 is 2.00 bits per heavy atom. The molecule has 0 aromatic carbocycles. The number of rotatable bonds is 4. The maximum atomic E-state index is 4.80. The van der Waals surface area contributed by atoms with Gasteiger partial charge in [0.2, 0.25) is 0 Å². The van der Waals surface area contributed by atoms with E-state index in [9.17, 15) is 0 Å². The van der Waals surface area contributed by atoms with Crippen molar-refractivity contribution in [2.24, 2.45) is 0 Å². The van der Waals surface area contributed by atoms with Crippen LogP contribution in [0.5, 0.6) is 0 Å². The molecule has 0 rings (SSSR count). The van der Waals surface area contributed by atoms with Crippen molar-refractivity contribution in [3.8, 4) is 0 Å². The Hall–Kier alpha value is 0.270. The van der Waals surface area contributed by atoms with E-state index in [1.807, 2.05) is 7.05 Å². The molecular formula is C8H21NOS. The number of hydrogen-bond acceptors (Lipinski definition) is 3. The van der Waals surface area contributed by atoms with Crippen LogP contribution in [0, 0.1) is 0 Å². The third kappa shape index (κ3) is 17.9. The van der Waals surface area contributed by atoms with E-state index in [1.54, 1.807) is 7.11 Å². The summed E-state index contributed by atoms with van der Waals surface area (Å²) in [5, 5.41) is 0. The first-order valence-electron chi connectivity index (χ1n) is 4.14. The van der Waals surface area contributed by atoms with Gasteiger partial charge in [0.1, 0.15) is 0 Å². The third-order valence-electron chi connectivity index (χ3n) is 0.740. The smallest absolute Gasteiger partial charge is 0.0813 e. The van der Waals surface area contributed by atoms with E-state index < -0.39 is 0 Å². The minimum absolute atomic E-state index is 1.08. The van der Waals surface area contributed by atoms with Gasteiger partial charge in [-0.25, -0.2) is 4.31 Å². The Bertz CT molecular complexity index is 56.1.